The summed E-state index contributed by atoms with van der Waals surface area (Å²) in [6.45, 7) is 2.44. The van der Waals surface area contributed by atoms with Crippen LogP contribution in [0.5, 0.6) is 5.75 Å². The fourth-order valence-electron chi connectivity index (χ4n) is 1.41. The normalized spacial score (nSPS) is 10.0. The van der Waals surface area contributed by atoms with Crippen molar-refractivity contribution >= 4 is 11.8 Å². The molecule has 0 bridgehead atoms. The molecule has 0 fully saturated rings. The number of benzene rings is 1. The minimum absolute atomic E-state index is 0.0948. The number of rotatable bonds is 6. The summed E-state index contributed by atoms with van der Waals surface area (Å²) < 4.78 is 4.79. The predicted molar refractivity (Wildman–Crippen MR) is 70.1 cm³/mol. The Morgan fingerprint density at radius 2 is 2.05 bits per heavy atom. The van der Waals surface area contributed by atoms with Crippen LogP contribution in [0.25, 0.3) is 0 Å². The minimum atomic E-state index is -0.356. The molecule has 0 radical (unpaired) electrons. The number of aryl methyl sites for hydroxylation is 1. The standard InChI is InChI=1S/C13H18N2O4/c1-9-7-10(3-4-11(9)16)13(18)15-8-12(17)14-5-6-19-2/h3-4,7,16H,5-6,8H2,1-2H3,(H,14,17)(H,15,18). The first kappa shape index (κ1) is 15.0. The van der Waals surface area contributed by atoms with E-state index in [0.717, 1.165) is 0 Å². The molecule has 1 aromatic carbocycles. The molecule has 2 amide bonds. The molecular formula is C13H18N2O4. The van der Waals surface area contributed by atoms with Gasteiger partial charge in [0.2, 0.25) is 5.91 Å². The van der Waals surface area contributed by atoms with Crippen molar-refractivity contribution < 1.29 is 19.4 Å². The molecule has 0 aliphatic rings. The largest absolute Gasteiger partial charge is 0.508 e. The third-order valence-electron chi connectivity index (χ3n) is 2.50. The van der Waals surface area contributed by atoms with Crippen molar-refractivity contribution in [1.29, 1.82) is 0 Å². The van der Waals surface area contributed by atoms with Crippen LogP contribution >= 0.6 is 0 Å². The molecule has 1 aromatic rings. The van der Waals surface area contributed by atoms with Gasteiger partial charge in [-0.3, -0.25) is 9.59 Å². The van der Waals surface area contributed by atoms with Gasteiger partial charge in [0.15, 0.2) is 0 Å². The molecule has 19 heavy (non-hydrogen) atoms. The Hall–Kier alpha value is -2.08. The zero-order chi connectivity index (χ0) is 14.3. The van der Waals surface area contributed by atoms with Crippen LogP contribution in [0.1, 0.15) is 15.9 Å². The molecule has 0 saturated heterocycles. The van der Waals surface area contributed by atoms with E-state index in [4.69, 9.17) is 4.74 Å². The molecule has 0 aliphatic carbocycles. The van der Waals surface area contributed by atoms with Crippen molar-refractivity contribution in [3.05, 3.63) is 29.3 Å². The summed E-state index contributed by atoms with van der Waals surface area (Å²) in [5, 5.41) is 14.4. The monoisotopic (exact) mass is 266 g/mol. The zero-order valence-corrected chi connectivity index (χ0v) is 11.0. The summed E-state index contributed by atoms with van der Waals surface area (Å²) in [4.78, 5) is 23.1. The molecule has 0 heterocycles. The number of phenols is 1. The van der Waals surface area contributed by atoms with E-state index in [2.05, 4.69) is 10.6 Å². The number of nitrogens with one attached hydrogen (secondary N) is 2. The van der Waals surface area contributed by atoms with E-state index in [1.54, 1.807) is 20.1 Å². The Balaban J connectivity index is 2.42. The highest BCUT2D eigenvalue weighted by Gasteiger charge is 2.09. The number of amides is 2. The molecule has 6 nitrogen and oxygen atoms in total. The van der Waals surface area contributed by atoms with Gasteiger partial charge >= 0.3 is 0 Å². The van der Waals surface area contributed by atoms with Crippen molar-refractivity contribution in [2.75, 3.05) is 26.8 Å². The number of methoxy groups -OCH3 is 1. The van der Waals surface area contributed by atoms with Crippen molar-refractivity contribution in [3.8, 4) is 5.75 Å². The van der Waals surface area contributed by atoms with E-state index in [1.807, 2.05) is 0 Å². The lowest BCUT2D eigenvalue weighted by atomic mass is 10.1. The lowest BCUT2D eigenvalue weighted by molar-refractivity contribution is -0.120. The van der Waals surface area contributed by atoms with E-state index in [1.165, 1.54) is 12.1 Å². The molecule has 0 aromatic heterocycles. The maximum Gasteiger partial charge on any atom is 0.251 e. The molecule has 0 atom stereocenters. The van der Waals surface area contributed by atoms with E-state index >= 15 is 0 Å². The first-order valence-electron chi connectivity index (χ1n) is 5.88. The van der Waals surface area contributed by atoms with Gasteiger partial charge < -0.3 is 20.5 Å². The van der Waals surface area contributed by atoms with Gasteiger partial charge in [-0.05, 0) is 30.7 Å². The van der Waals surface area contributed by atoms with Gasteiger partial charge in [-0.2, -0.15) is 0 Å². The third kappa shape index (κ3) is 4.97. The summed E-state index contributed by atoms with van der Waals surface area (Å²) in [6.07, 6.45) is 0. The summed E-state index contributed by atoms with van der Waals surface area (Å²) >= 11 is 0. The highest BCUT2D eigenvalue weighted by atomic mass is 16.5. The van der Waals surface area contributed by atoms with Gasteiger partial charge in [-0.1, -0.05) is 0 Å². The molecule has 104 valence electrons. The Morgan fingerprint density at radius 3 is 2.68 bits per heavy atom. The van der Waals surface area contributed by atoms with Gasteiger partial charge in [0, 0.05) is 19.2 Å². The molecular weight excluding hydrogens is 248 g/mol. The van der Waals surface area contributed by atoms with Crippen LogP contribution in [0.4, 0.5) is 0 Å². The molecule has 1 rings (SSSR count). The first-order valence-corrected chi connectivity index (χ1v) is 5.88. The number of hydrogen-bond acceptors (Lipinski definition) is 4. The molecule has 0 saturated carbocycles. The summed E-state index contributed by atoms with van der Waals surface area (Å²) in [5.74, 6) is -0.500. The van der Waals surface area contributed by atoms with Gasteiger partial charge in [-0.15, -0.1) is 0 Å². The predicted octanol–water partition coefficient (Wildman–Crippen LogP) is 0.193. The van der Waals surface area contributed by atoms with Crippen LogP contribution < -0.4 is 10.6 Å². The van der Waals surface area contributed by atoms with Gasteiger partial charge in [0.1, 0.15) is 5.75 Å². The number of phenolic OH excluding ortho intramolecular Hbond substituents is 1. The van der Waals surface area contributed by atoms with Crippen molar-refractivity contribution in [2.24, 2.45) is 0 Å². The van der Waals surface area contributed by atoms with Gasteiger partial charge in [0.25, 0.3) is 5.91 Å². The topological polar surface area (TPSA) is 87.7 Å². The van der Waals surface area contributed by atoms with Crippen LogP contribution in [0.2, 0.25) is 0 Å². The van der Waals surface area contributed by atoms with Crippen LogP contribution in [-0.4, -0.2) is 43.7 Å². The fourth-order valence-corrected chi connectivity index (χ4v) is 1.41. The maximum absolute atomic E-state index is 11.7. The number of carbonyl (C=O) groups is 2. The minimum Gasteiger partial charge on any atom is -0.508 e. The van der Waals surface area contributed by atoms with Crippen LogP contribution in [0, 0.1) is 6.92 Å². The Morgan fingerprint density at radius 1 is 1.32 bits per heavy atom. The van der Waals surface area contributed by atoms with Gasteiger partial charge in [-0.25, -0.2) is 0 Å². The smallest absolute Gasteiger partial charge is 0.251 e. The van der Waals surface area contributed by atoms with Crippen LogP contribution in [0.3, 0.4) is 0 Å². The molecule has 0 unspecified atom stereocenters. The second-order valence-corrected chi connectivity index (χ2v) is 4.03. The third-order valence-corrected chi connectivity index (χ3v) is 2.50. The van der Waals surface area contributed by atoms with Crippen molar-refractivity contribution in [3.63, 3.8) is 0 Å². The number of hydrogen-bond donors (Lipinski definition) is 3. The average Bonchev–Trinajstić information content (AvgIpc) is 2.39. The van der Waals surface area contributed by atoms with E-state index in [0.29, 0.717) is 24.3 Å². The number of aromatic hydroxyl groups is 1. The number of ether oxygens (including phenoxy) is 1. The average molecular weight is 266 g/mol. The molecule has 3 N–H and O–H groups in total. The second kappa shape index (κ2) is 7.38. The van der Waals surface area contributed by atoms with Crippen LogP contribution in [-0.2, 0) is 9.53 Å². The molecule has 0 aliphatic heterocycles. The summed E-state index contributed by atoms with van der Waals surface area (Å²) in [5.41, 5.74) is 1.01. The van der Waals surface area contributed by atoms with Crippen molar-refractivity contribution in [2.45, 2.75) is 6.92 Å². The first-order chi connectivity index (χ1) is 9.04. The number of carbonyl (C=O) groups excluding carboxylic acids is 2. The summed E-state index contributed by atoms with van der Waals surface area (Å²) in [6, 6.07) is 4.51. The molecule has 0 spiro atoms. The van der Waals surface area contributed by atoms with E-state index in [9.17, 15) is 14.7 Å². The fraction of sp³-hybridized carbons (Fsp3) is 0.385. The van der Waals surface area contributed by atoms with E-state index in [-0.39, 0.29) is 24.1 Å². The summed E-state index contributed by atoms with van der Waals surface area (Å²) in [7, 11) is 1.54. The van der Waals surface area contributed by atoms with Gasteiger partial charge in [0.05, 0.1) is 13.2 Å². The zero-order valence-electron chi connectivity index (χ0n) is 11.0. The lowest BCUT2D eigenvalue weighted by Gasteiger charge is -2.07. The quantitative estimate of drug-likeness (QED) is 0.642. The van der Waals surface area contributed by atoms with E-state index < -0.39 is 0 Å². The lowest BCUT2D eigenvalue weighted by Crippen LogP contribution is -2.38. The Bertz CT molecular complexity index is 460. The molecule has 6 heteroatoms. The van der Waals surface area contributed by atoms with Crippen LogP contribution in [0.15, 0.2) is 18.2 Å². The van der Waals surface area contributed by atoms with Crippen molar-refractivity contribution in [1.82, 2.24) is 10.6 Å². The second-order valence-electron chi connectivity index (χ2n) is 4.03. The Labute approximate surface area is 111 Å². The SMILES string of the molecule is COCCNC(=O)CNC(=O)c1ccc(O)c(C)c1. The maximum atomic E-state index is 11.7. The highest BCUT2D eigenvalue weighted by Crippen LogP contribution is 2.16. The highest BCUT2D eigenvalue weighted by molar-refractivity contribution is 5.96. The Kier molecular flexibility index (Phi) is 5.81.